The van der Waals surface area contributed by atoms with Gasteiger partial charge >= 0.3 is 5.97 Å². The maximum Gasteiger partial charge on any atom is 0.352 e. The Labute approximate surface area is 184 Å². The van der Waals surface area contributed by atoms with E-state index in [9.17, 15) is 18.3 Å². The molecule has 31 heavy (non-hydrogen) atoms. The van der Waals surface area contributed by atoms with Gasteiger partial charge in [0, 0.05) is 29.1 Å². The van der Waals surface area contributed by atoms with E-state index in [1.54, 1.807) is 24.5 Å². The molecule has 0 unspecified atom stereocenters. The number of thiophene rings is 1. The SMILES string of the molecule is COc1cc2c(cc1OCCNS(C)(=O)=O)-c1c(-c3cccs3)cc(C(=O)O)n1CC2. The number of ether oxygens (including phenoxy) is 2. The Kier molecular flexibility index (Phi) is 5.78. The molecule has 0 fully saturated rings. The van der Waals surface area contributed by atoms with E-state index < -0.39 is 16.0 Å². The molecule has 0 radical (unpaired) electrons. The van der Waals surface area contributed by atoms with Crippen LogP contribution >= 0.6 is 11.3 Å². The van der Waals surface area contributed by atoms with Gasteiger partial charge in [0.25, 0.3) is 0 Å². The molecule has 8 nitrogen and oxygen atoms in total. The highest BCUT2D eigenvalue weighted by molar-refractivity contribution is 7.88. The summed E-state index contributed by atoms with van der Waals surface area (Å²) >= 11 is 1.55. The number of aromatic carboxylic acids is 1. The van der Waals surface area contributed by atoms with Crippen LogP contribution in [-0.4, -0.2) is 50.6 Å². The number of carbonyl (C=O) groups is 1. The Bertz CT molecular complexity index is 1230. The zero-order valence-electron chi connectivity index (χ0n) is 17.0. The van der Waals surface area contributed by atoms with Gasteiger partial charge in [-0.2, -0.15) is 0 Å². The minimum atomic E-state index is -3.30. The van der Waals surface area contributed by atoms with Crippen LogP contribution in [0, 0.1) is 0 Å². The standard InChI is InChI=1S/C21H22N2O6S2/c1-28-17-10-13-5-7-23-16(21(24)25)11-15(19-4-3-9-30-19)20(23)14(13)12-18(17)29-8-6-22-31(2,26)27/h3-4,9-12,22H,5-8H2,1-2H3,(H,24,25). The lowest BCUT2D eigenvalue weighted by molar-refractivity contribution is 0.0685. The van der Waals surface area contributed by atoms with Gasteiger partial charge in [0.05, 0.1) is 19.1 Å². The fourth-order valence-electron chi connectivity index (χ4n) is 3.79. The quantitative estimate of drug-likeness (QED) is 0.498. The van der Waals surface area contributed by atoms with Crippen molar-refractivity contribution in [2.45, 2.75) is 13.0 Å². The number of carboxylic acids is 1. The molecule has 10 heteroatoms. The Morgan fingerprint density at radius 2 is 2.06 bits per heavy atom. The highest BCUT2D eigenvalue weighted by Crippen LogP contribution is 2.45. The second-order valence-electron chi connectivity index (χ2n) is 7.15. The molecule has 1 aliphatic heterocycles. The monoisotopic (exact) mass is 462 g/mol. The molecule has 2 N–H and O–H groups in total. The van der Waals surface area contributed by atoms with Gasteiger partial charge in [-0.25, -0.2) is 17.9 Å². The predicted octanol–water partition coefficient (Wildman–Crippen LogP) is 3.07. The summed E-state index contributed by atoms with van der Waals surface area (Å²) in [6, 6.07) is 9.38. The van der Waals surface area contributed by atoms with E-state index in [4.69, 9.17) is 9.47 Å². The van der Waals surface area contributed by atoms with Crippen molar-refractivity contribution < 1.29 is 27.8 Å². The number of rotatable bonds is 8. The highest BCUT2D eigenvalue weighted by Gasteiger charge is 2.28. The number of sulfonamides is 1. The van der Waals surface area contributed by atoms with Crippen LogP contribution in [0.1, 0.15) is 16.1 Å². The minimum Gasteiger partial charge on any atom is -0.493 e. The molecule has 0 saturated heterocycles. The molecule has 1 aromatic carbocycles. The molecule has 164 valence electrons. The lowest BCUT2D eigenvalue weighted by Crippen LogP contribution is -2.27. The zero-order valence-corrected chi connectivity index (χ0v) is 18.7. The topological polar surface area (TPSA) is 107 Å². The Hall–Kier alpha value is -2.82. The molecular weight excluding hydrogens is 440 g/mol. The second-order valence-corrected chi connectivity index (χ2v) is 9.93. The first-order valence-corrected chi connectivity index (χ1v) is 12.3. The molecule has 1 aliphatic rings. The Balaban J connectivity index is 1.77. The Morgan fingerprint density at radius 3 is 2.71 bits per heavy atom. The number of aryl methyl sites for hydroxylation is 1. The molecule has 3 aromatic rings. The molecule has 0 aliphatic carbocycles. The van der Waals surface area contributed by atoms with Gasteiger partial charge in [-0.1, -0.05) is 6.07 Å². The van der Waals surface area contributed by atoms with Crippen molar-refractivity contribution in [2.75, 3.05) is 26.5 Å². The molecule has 4 rings (SSSR count). The van der Waals surface area contributed by atoms with Crippen LogP contribution in [0.2, 0.25) is 0 Å². The maximum absolute atomic E-state index is 11.9. The van der Waals surface area contributed by atoms with Gasteiger partial charge in [-0.15, -0.1) is 11.3 Å². The minimum absolute atomic E-state index is 0.124. The van der Waals surface area contributed by atoms with Gasteiger partial charge in [0.1, 0.15) is 12.3 Å². The van der Waals surface area contributed by atoms with Crippen molar-refractivity contribution in [3.8, 4) is 33.2 Å². The van der Waals surface area contributed by atoms with E-state index in [1.807, 2.05) is 34.2 Å². The number of aromatic nitrogens is 1. The van der Waals surface area contributed by atoms with E-state index in [-0.39, 0.29) is 18.8 Å². The smallest absolute Gasteiger partial charge is 0.352 e. The second kappa shape index (κ2) is 8.37. The van der Waals surface area contributed by atoms with Crippen molar-refractivity contribution in [3.63, 3.8) is 0 Å². The van der Waals surface area contributed by atoms with Crippen molar-refractivity contribution >= 4 is 27.3 Å². The van der Waals surface area contributed by atoms with E-state index in [2.05, 4.69) is 4.72 Å². The van der Waals surface area contributed by atoms with Gasteiger partial charge in [0.2, 0.25) is 10.0 Å². The first-order chi connectivity index (χ1) is 14.8. The molecule has 0 spiro atoms. The van der Waals surface area contributed by atoms with Crippen molar-refractivity contribution in [3.05, 3.63) is 47.0 Å². The van der Waals surface area contributed by atoms with Crippen LogP contribution in [0.3, 0.4) is 0 Å². The number of carboxylic acid groups (broad SMARTS) is 1. The first-order valence-electron chi connectivity index (χ1n) is 9.58. The molecule has 3 heterocycles. The van der Waals surface area contributed by atoms with E-state index in [0.29, 0.717) is 24.5 Å². The molecule has 2 aromatic heterocycles. The number of nitrogens with zero attached hydrogens (tertiary/aromatic N) is 1. The van der Waals surface area contributed by atoms with Crippen LogP contribution in [0.25, 0.3) is 21.7 Å². The number of benzene rings is 1. The van der Waals surface area contributed by atoms with Crippen LogP contribution in [0.15, 0.2) is 35.7 Å². The maximum atomic E-state index is 11.9. The molecule has 0 bridgehead atoms. The molecule has 0 saturated carbocycles. The zero-order chi connectivity index (χ0) is 22.2. The summed E-state index contributed by atoms with van der Waals surface area (Å²) in [5.41, 5.74) is 3.87. The predicted molar refractivity (Wildman–Crippen MR) is 119 cm³/mol. The summed E-state index contributed by atoms with van der Waals surface area (Å²) < 4.78 is 38.0. The van der Waals surface area contributed by atoms with E-state index in [0.717, 1.165) is 33.5 Å². The van der Waals surface area contributed by atoms with Crippen LogP contribution in [0.5, 0.6) is 11.5 Å². The van der Waals surface area contributed by atoms with Gasteiger partial charge in [0.15, 0.2) is 11.5 Å². The lowest BCUT2D eigenvalue weighted by Gasteiger charge is -2.24. The number of nitrogens with one attached hydrogen (secondary N) is 1. The Morgan fingerprint density at radius 1 is 1.26 bits per heavy atom. The first kappa shape index (κ1) is 21.4. The highest BCUT2D eigenvalue weighted by atomic mass is 32.2. The van der Waals surface area contributed by atoms with Crippen molar-refractivity contribution in [2.24, 2.45) is 0 Å². The third-order valence-corrected chi connectivity index (χ3v) is 6.71. The third kappa shape index (κ3) is 4.32. The number of fused-ring (bicyclic) bond motifs is 3. The summed E-state index contributed by atoms with van der Waals surface area (Å²) in [6.45, 7) is 0.803. The normalized spacial score (nSPS) is 12.8. The fourth-order valence-corrected chi connectivity index (χ4v) is 4.99. The average molecular weight is 463 g/mol. The number of hydrogen-bond donors (Lipinski definition) is 2. The lowest BCUT2D eigenvalue weighted by atomic mass is 9.95. The van der Waals surface area contributed by atoms with Gasteiger partial charge < -0.3 is 19.1 Å². The summed E-state index contributed by atoms with van der Waals surface area (Å²) in [4.78, 5) is 12.9. The van der Waals surface area contributed by atoms with E-state index >= 15 is 0 Å². The summed E-state index contributed by atoms with van der Waals surface area (Å²) in [7, 11) is -1.75. The largest absolute Gasteiger partial charge is 0.493 e. The van der Waals surface area contributed by atoms with Crippen LogP contribution in [0.4, 0.5) is 0 Å². The van der Waals surface area contributed by atoms with E-state index in [1.165, 1.54) is 0 Å². The van der Waals surface area contributed by atoms with Gasteiger partial charge in [-0.05, 0) is 41.6 Å². The number of hydrogen-bond acceptors (Lipinski definition) is 6. The summed E-state index contributed by atoms with van der Waals surface area (Å²) in [5, 5.41) is 11.7. The summed E-state index contributed by atoms with van der Waals surface area (Å²) in [5.74, 6) is 0.0544. The molecule has 0 atom stereocenters. The van der Waals surface area contributed by atoms with Crippen molar-refractivity contribution in [1.29, 1.82) is 0 Å². The fraction of sp³-hybridized carbons (Fsp3) is 0.286. The average Bonchev–Trinajstić information content (AvgIpc) is 3.37. The van der Waals surface area contributed by atoms with Crippen LogP contribution in [-0.2, 0) is 23.0 Å². The van der Waals surface area contributed by atoms with Crippen molar-refractivity contribution in [1.82, 2.24) is 9.29 Å². The van der Waals surface area contributed by atoms with Crippen LogP contribution < -0.4 is 14.2 Å². The molecule has 0 amide bonds. The third-order valence-electron chi connectivity index (χ3n) is 5.08. The summed E-state index contributed by atoms with van der Waals surface area (Å²) in [6.07, 6.45) is 1.75. The molecular formula is C21H22N2O6S2. The van der Waals surface area contributed by atoms with Gasteiger partial charge in [-0.3, -0.25) is 0 Å². The number of methoxy groups -OCH3 is 1.